The van der Waals surface area contributed by atoms with E-state index in [1.165, 1.54) is 43.4 Å². The molecule has 5 rings (SSSR count). The van der Waals surface area contributed by atoms with Crippen molar-refractivity contribution < 1.29 is 4.74 Å². The zero-order valence-electron chi connectivity index (χ0n) is 13.5. The maximum Gasteiger partial charge on any atom is 0.134 e. The van der Waals surface area contributed by atoms with Crippen LogP contribution >= 0.6 is 0 Å². The molecule has 3 saturated carbocycles. The van der Waals surface area contributed by atoms with E-state index in [0.717, 1.165) is 30.4 Å². The lowest BCUT2D eigenvalue weighted by Crippen LogP contribution is -2.28. The van der Waals surface area contributed by atoms with Gasteiger partial charge in [-0.25, -0.2) is 9.98 Å². The van der Waals surface area contributed by atoms with Crippen molar-refractivity contribution in [3.8, 4) is 5.75 Å². The average molecular weight is 307 g/mol. The van der Waals surface area contributed by atoms with E-state index in [1.807, 2.05) is 12.1 Å². The minimum atomic E-state index is 0.334. The molecule has 1 aromatic rings. The zero-order chi connectivity index (χ0) is 15.5. The van der Waals surface area contributed by atoms with Crippen LogP contribution in [-0.2, 0) is 6.42 Å². The van der Waals surface area contributed by atoms with Crippen molar-refractivity contribution in [3.05, 3.63) is 29.8 Å². The van der Waals surface area contributed by atoms with Crippen molar-refractivity contribution in [2.75, 3.05) is 13.7 Å². The molecule has 1 heterocycles. The zero-order valence-corrected chi connectivity index (χ0v) is 13.5. The van der Waals surface area contributed by atoms with Gasteiger partial charge in [0.2, 0.25) is 0 Å². The van der Waals surface area contributed by atoms with E-state index in [-0.39, 0.29) is 0 Å². The predicted molar refractivity (Wildman–Crippen MR) is 91.8 cm³/mol. The van der Waals surface area contributed by atoms with E-state index >= 15 is 0 Å². The highest BCUT2D eigenvalue weighted by molar-refractivity contribution is 6.15. The molecule has 1 aromatic carbocycles. The molecule has 0 saturated heterocycles. The standard InChI is InChI=1S/C19H21N3O/c1-23-14-4-2-3-13(9-14)10-16(21-15-11-18(15)5-6-18)22-17-19(7-8-19)12-20-17/h2-4,9H,5-8,10-12H2,1H3. The maximum absolute atomic E-state index is 5.33. The van der Waals surface area contributed by atoms with Crippen LogP contribution in [0.1, 0.15) is 37.7 Å². The Balaban J connectivity index is 1.43. The highest BCUT2D eigenvalue weighted by atomic mass is 16.5. The van der Waals surface area contributed by atoms with Crippen molar-refractivity contribution in [2.24, 2.45) is 25.8 Å². The highest BCUT2D eigenvalue weighted by Gasteiger charge is 2.60. The quantitative estimate of drug-likeness (QED) is 0.623. The summed E-state index contributed by atoms with van der Waals surface area (Å²) in [5, 5.41) is 0. The van der Waals surface area contributed by atoms with Gasteiger partial charge < -0.3 is 4.74 Å². The first kappa shape index (κ1) is 13.5. The second kappa shape index (κ2) is 4.53. The molecule has 1 aliphatic heterocycles. The second-order valence-corrected chi connectivity index (χ2v) is 7.49. The third kappa shape index (κ3) is 2.32. The molecule has 0 N–H and O–H groups in total. The van der Waals surface area contributed by atoms with Crippen molar-refractivity contribution in [1.29, 1.82) is 0 Å². The Kier molecular flexibility index (Phi) is 2.65. The fraction of sp³-hybridized carbons (Fsp3) is 0.526. The third-order valence-electron chi connectivity index (χ3n) is 5.70. The largest absolute Gasteiger partial charge is 0.497 e. The van der Waals surface area contributed by atoms with Crippen LogP contribution in [0.2, 0.25) is 0 Å². The number of hydrogen-bond donors (Lipinski definition) is 0. The molecule has 4 heteroatoms. The third-order valence-corrected chi connectivity index (χ3v) is 5.70. The van der Waals surface area contributed by atoms with Gasteiger partial charge in [-0.1, -0.05) is 12.1 Å². The molecule has 23 heavy (non-hydrogen) atoms. The summed E-state index contributed by atoms with van der Waals surface area (Å²) in [6.45, 7) is 0.971. The van der Waals surface area contributed by atoms with Crippen LogP contribution in [0.4, 0.5) is 0 Å². The van der Waals surface area contributed by atoms with Crippen LogP contribution in [0.25, 0.3) is 0 Å². The van der Waals surface area contributed by atoms with Gasteiger partial charge in [-0.2, -0.15) is 0 Å². The van der Waals surface area contributed by atoms with E-state index < -0.39 is 0 Å². The van der Waals surface area contributed by atoms with Crippen molar-refractivity contribution in [1.82, 2.24) is 0 Å². The van der Waals surface area contributed by atoms with Crippen LogP contribution in [0.3, 0.4) is 0 Å². The minimum Gasteiger partial charge on any atom is -0.497 e. The fourth-order valence-corrected chi connectivity index (χ4v) is 3.46. The molecule has 3 aliphatic carbocycles. The van der Waals surface area contributed by atoms with Gasteiger partial charge in [0.25, 0.3) is 0 Å². The minimum absolute atomic E-state index is 0.334. The van der Waals surface area contributed by atoms with Crippen molar-refractivity contribution >= 4 is 17.4 Å². The van der Waals surface area contributed by atoms with Gasteiger partial charge in [0.1, 0.15) is 17.4 Å². The number of amidine groups is 2. The van der Waals surface area contributed by atoms with Gasteiger partial charge in [-0.15, -0.1) is 0 Å². The molecule has 0 bridgehead atoms. The second-order valence-electron chi connectivity index (χ2n) is 7.49. The SMILES string of the molecule is COc1cccc(CC(=NC2=NCC23CC3)N=C2CC23CC3)c1. The van der Waals surface area contributed by atoms with Gasteiger partial charge >= 0.3 is 0 Å². The van der Waals surface area contributed by atoms with E-state index in [1.54, 1.807) is 7.11 Å². The summed E-state index contributed by atoms with van der Waals surface area (Å²) in [4.78, 5) is 14.3. The summed E-state index contributed by atoms with van der Waals surface area (Å²) in [6, 6.07) is 8.20. The Bertz CT molecular complexity index is 767. The first-order valence-electron chi connectivity index (χ1n) is 8.55. The predicted octanol–water partition coefficient (Wildman–Crippen LogP) is 3.45. The van der Waals surface area contributed by atoms with Gasteiger partial charge in [0.05, 0.1) is 13.7 Å². The van der Waals surface area contributed by atoms with E-state index in [4.69, 9.17) is 14.7 Å². The van der Waals surface area contributed by atoms with Gasteiger partial charge in [0.15, 0.2) is 0 Å². The molecule has 0 amide bonds. The smallest absolute Gasteiger partial charge is 0.134 e. The first-order valence-corrected chi connectivity index (χ1v) is 8.55. The molecule has 4 nitrogen and oxygen atoms in total. The number of methoxy groups -OCH3 is 1. The van der Waals surface area contributed by atoms with Crippen LogP contribution in [0, 0.1) is 10.8 Å². The summed E-state index contributed by atoms with van der Waals surface area (Å²) < 4.78 is 5.33. The highest BCUT2D eigenvalue weighted by Crippen LogP contribution is 2.63. The number of nitrogens with zero attached hydrogens (tertiary/aromatic N) is 3. The van der Waals surface area contributed by atoms with Crippen LogP contribution in [0.15, 0.2) is 39.2 Å². The topological polar surface area (TPSA) is 46.3 Å². The molecule has 3 fully saturated rings. The molecule has 0 radical (unpaired) electrons. The van der Waals surface area contributed by atoms with E-state index in [9.17, 15) is 0 Å². The van der Waals surface area contributed by atoms with E-state index in [2.05, 4.69) is 17.1 Å². The van der Waals surface area contributed by atoms with Crippen LogP contribution < -0.4 is 4.74 Å². The lowest BCUT2D eigenvalue weighted by atomic mass is 10.0. The van der Waals surface area contributed by atoms with Gasteiger partial charge in [-0.05, 0) is 49.8 Å². The number of rotatable bonds is 3. The Morgan fingerprint density at radius 2 is 2.04 bits per heavy atom. The molecule has 2 spiro atoms. The Labute approximate surface area is 136 Å². The van der Waals surface area contributed by atoms with E-state index in [0.29, 0.717) is 10.8 Å². The average Bonchev–Trinajstić information content (AvgIpc) is 3.42. The van der Waals surface area contributed by atoms with Crippen molar-refractivity contribution in [3.63, 3.8) is 0 Å². The van der Waals surface area contributed by atoms with Gasteiger partial charge in [-0.3, -0.25) is 4.99 Å². The number of aliphatic imine (C=N–C) groups is 3. The molecular weight excluding hydrogens is 286 g/mol. The monoisotopic (exact) mass is 307 g/mol. The molecule has 118 valence electrons. The molecular formula is C19H21N3O. The number of hydrogen-bond acceptors (Lipinski definition) is 3. The maximum atomic E-state index is 5.33. The molecule has 0 unspecified atom stereocenters. The Hall–Kier alpha value is -1.97. The van der Waals surface area contributed by atoms with Crippen molar-refractivity contribution in [2.45, 2.75) is 38.5 Å². The summed E-state index contributed by atoms with van der Waals surface area (Å²) in [5.41, 5.74) is 3.39. The summed E-state index contributed by atoms with van der Waals surface area (Å²) >= 11 is 0. The number of benzene rings is 1. The Morgan fingerprint density at radius 3 is 2.65 bits per heavy atom. The summed E-state index contributed by atoms with van der Waals surface area (Å²) in [5.74, 6) is 2.87. The molecule has 0 atom stereocenters. The molecule has 0 aromatic heterocycles. The Morgan fingerprint density at radius 1 is 1.22 bits per heavy atom. The fourth-order valence-electron chi connectivity index (χ4n) is 3.46. The lowest BCUT2D eigenvalue weighted by Gasteiger charge is -2.21. The van der Waals surface area contributed by atoms with Crippen LogP contribution in [0.5, 0.6) is 5.75 Å². The van der Waals surface area contributed by atoms with Gasteiger partial charge in [0, 0.05) is 23.0 Å². The first-order chi connectivity index (χ1) is 11.2. The molecule has 4 aliphatic rings. The number of ether oxygens (including phenoxy) is 1. The normalized spacial score (nSPS) is 26.9. The lowest BCUT2D eigenvalue weighted by molar-refractivity contribution is 0.414. The summed E-state index contributed by atoms with van der Waals surface area (Å²) in [6.07, 6.45) is 7.09. The summed E-state index contributed by atoms with van der Waals surface area (Å²) in [7, 11) is 1.70. The van der Waals surface area contributed by atoms with Crippen LogP contribution in [-0.4, -0.2) is 31.0 Å².